The Morgan fingerprint density at radius 2 is 1.80 bits per heavy atom. The summed E-state index contributed by atoms with van der Waals surface area (Å²) in [6.07, 6.45) is 11.4. The zero-order valence-electron chi connectivity index (χ0n) is 12.9. The minimum atomic E-state index is 0.724. The van der Waals surface area contributed by atoms with Crippen LogP contribution in [0, 0.1) is 0 Å². The molecule has 0 unspecified atom stereocenters. The first-order chi connectivity index (χ1) is 9.83. The molecule has 4 nitrogen and oxygen atoms in total. The maximum atomic E-state index is 4.61. The first-order valence-electron chi connectivity index (χ1n) is 8.12. The molecule has 0 spiro atoms. The largest absolute Gasteiger partial charge is 0.355 e. The van der Waals surface area contributed by atoms with Gasteiger partial charge < -0.3 is 10.2 Å². The molecule has 1 heterocycles. The molecule has 0 saturated heterocycles. The van der Waals surface area contributed by atoms with Gasteiger partial charge >= 0.3 is 0 Å². The highest BCUT2D eigenvalue weighted by Crippen LogP contribution is 2.19. The number of hydrogen-bond donors (Lipinski definition) is 1. The first kappa shape index (κ1) is 15.2. The van der Waals surface area contributed by atoms with E-state index in [0.717, 1.165) is 37.2 Å². The van der Waals surface area contributed by atoms with E-state index in [1.807, 2.05) is 12.4 Å². The third-order valence-corrected chi connectivity index (χ3v) is 3.73. The van der Waals surface area contributed by atoms with Crippen molar-refractivity contribution in [3.63, 3.8) is 0 Å². The maximum Gasteiger partial charge on any atom is 0.147 e. The molecule has 112 valence electrons. The molecule has 1 saturated carbocycles. The SMILES string of the molecule is CCCCN(CCCC)c1cnc(CNC2CC2)cn1. The molecule has 1 aliphatic rings. The van der Waals surface area contributed by atoms with E-state index < -0.39 is 0 Å². The summed E-state index contributed by atoms with van der Waals surface area (Å²) in [6, 6.07) is 0.724. The van der Waals surface area contributed by atoms with Crippen LogP contribution in [0.25, 0.3) is 0 Å². The van der Waals surface area contributed by atoms with E-state index >= 15 is 0 Å². The Hall–Kier alpha value is -1.16. The number of rotatable bonds is 10. The number of anilines is 1. The molecule has 2 rings (SSSR count). The predicted molar refractivity (Wildman–Crippen MR) is 83.9 cm³/mol. The van der Waals surface area contributed by atoms with Gasteiger partial charge in [-0.1, -0.05) is 26.7 Å². The van der Waals surface area contributed by atoms with Crippen LogP contribution in [0.4, 0.5) is 5.82 Å². The van der Waals surface area contributed by atoms with Crippen molar-refractivity contribution in [1.82, 2.24) is 15.3 Å². The van der Waals surface area contributed by atoms with E-state index in [1.165, 1.54) is 38.5 Å². The molecular formula is C16H28N4. The lowest BCUT2D eigenvalue weighted by Crippen LogP contribution is -2.27. The molecule has 0 aliphatic heterocycles. The molecule has 0 bridgehead atoms. The predicted octanol–water partition coefficient (Wildman–Crippen LogP) is 3.14. The van der Waals surface area contributed by atoms with Crippen molar-refractivity contribution in [3.05, 3.63) is 18.1 Å². The summed E-state index contributed by atoms with van der Waals surface area (Å²) in [4.78, 5) is 11.5. The number of nitrogens with zero attached hydrogens (tertiary/aromatic N) is 3. The normalized spacial score (nSPS) is 14.5. The zero-order valence-corrected chi connectivity index (χ0v) is 12.9. The molecule has 4 heteroatoms. The van der Waals surface area contributed by atoms with Crippen molar-refractivity contribution < 1.29 is 0 Å². The summed E-state index contributed by atoms with van der Waals surface area (Å²) in [6.45, 7) is 7.49. The fourth-order valence-electron chi connectivity index (χ4n) is 2.18. The standard InChI is InChI=1S/C16H28N4/c1-3-5-9-20(10-6-4-2)16-13-18-15(12-19-16)11-17-14-7-8-14/h12-14,17H,3-11H2,1-2H3. The summed E-state index contributed by atoms with van der Waals surface area (Å²) in [5.74, 6) is 1.03. The van der Waals surface area contributed by atoms with Gasteiger partial charge in [0, 0.05) is 25.7 Å². The molecular weight excluding hydrogens is 248 g/mol. The molecule has 0 aromatic carbocycles. The van der Waals surface area contributed by atoms with Gasteiger partial charge in [-0.2, -0.15) is 0 Å². The molecule has 1 aromatic heterocycles. The Labute approximate surface area is 123 Å². The topological polar surface area (TPSA) is 41.1 Å². The van der Waals surface area contributed by atoms with Crippen molar-refractivity contribution in [1.29, 1.82) is 0 Å². The molecule has 1 aromatic rings. The fraction of sp³-hybridized carbons (Fsp3) is 0.750. The number of unbranched alkanes of at least 4 members (excludes halogenated alkanes) is 2. The third kappa shape index (κ3) is 5.08. The minimum Gasteiger partial charge on any atom is -0.355 e. The molecule has 0 amide bonds. The van der Waals surface area contributed by atoms with Gasteiger partial charge in [0.1, 0.15) is 5.82 Å². The van der Waals surface area contributed by atoms with E-state index in [0.29, 0.717) is 0 Å². The lowest BCUT2D eigenvalue weighted by Gasteiger charge is -2.23. The van der Waals surface area contributed by atoms with E-state index in [2.05, 4.69) is 34.0 Å². The average molecular weight is 276 g/mol. The summed E-state index contributed by atoms with van der Waals surface area (Å²) in [7, 11) is 0. The molecule has 20 heavy (non-hydrogen) atoms. The van der Waals surface area contributed by atoms with Crippen LogP contribution in [-0.4, -0.2) is 29.1 Å². The van der Waals surface area contributed by atoms with Gasteiger partial charge in [0.15, 0.2) is 0 Å². The van der Waals surface area contributed by atoms with E-state index in [9.17, 15) is 0 Å². The first-order valence-corrected chi connectivity index (χ1v) is 8.12. The third-order valence-electron chi connectivity index (χ3n) is 3.73. The minimum absolute atomic E-state index is 0.724. The second kappa shape index (κ2) is 8.20. The summed E-state index contributed by atoms with van der Waals surface area (Å²) >= 11 is 0. The molecule has 0 radical (unpaired) electrons. The molecule has 1 fully saturated rings. The van der Waals surface area contributed by atoms with Crippen LogP contribution < -0.4 is 10.2 Å². The number of hydrogen-bond acceptors (Lipinski definition) is 4. The fourth-order valence-corrected chi connectivity index (χ4v) is 2.18. The van der Waals surface area contributed by atoms with Gasteiger partial charge in [0.2, 0.25) is 0 Å². The van der Waals surface area contributed by atoms with Gasteiger partial charge in [-0.05, 0) is 25.7 Å². The van der Waals surface area contributed by atoms with E-state index in [4.69, 9.17) is 0 Å². The Morgan fingerprint density at radius 3 is 2.30 bits per heavy atom. The van der Waals surface area contributed by atoms with Crippen LogP contribution in [0.15, 0.2) is 12.4 Å². The van der Waals surface area contributed by atoms with Crippen LogP contribution in [-0.2, 0) is 6.54 Å². The van der Waals surface area contributed by atoms with Crippen molar-refractivity contribution in [2.45, 2.75) is 65.0 Å². The Balaban J connectivity index is 1.88. The lowest BCUT2D eigenvalue weighted by atomic mass is 10.2. The monoisotopic (exact) mass is 276 g/mol. The highest BCUT2D eigenvalue weighted by atomic mass is 15.2. The Morgan fingerprint density at radius 1 is 1.10 bits per heavy atom. The van der Waals surface area contributed by atoms with Crippen LogP contribution in [0.5, 0.6) is 0 Å². The van der Waals surface area contributed by atoms with Gasteiger partial charge in [0.25, 0.3) is 0 Å². The maximum absolute atomic E-state index is 4.61. The van der Waals surface area contributed by atoms with Crippen LogP contribution in [0.2, 0.25) is 0 Å². The quantitative estimate of drug-likeness (QED) is 0.713. The second-order valence-electron chi connectivity index (χ2n) is 5.72. The van der Waals surface area contributed by atoms with Crippen molar-refractivity contribution in [3.8, 4) is 0 Å². The van der Waals surface area contributed by atoms with Crippen molar-refractivity contribution in [2.75, 3.05) is 18.0 Å². The van der Waals surface area contributed by atoms with Crippen LogP contribution >= 0.6 is 0 Å². The molecule has 1 N–H and O–H groups in total. The molecule has 0 atom stereocenters. The molecule has 1 aliphatic carbocycles. The highest BCUT2D eigenvalue weighted by molar-refractivity contribution is 5.35. The van der Waals surface area contributed by atoms with Gasteiger partial charge in [-0.25, -0.2) is 4.98 Å². The Kier molecular flexibility index (Phi) is 6.25. The number of nitrogens with one attached hydrogen (secondary N) is 1. The highest BCUT2D eigenvalue weighted by Gasteiger charge is 2.20. The smallest absolute Gasteiger partial charge is 0.147 e. The zero-order chi connectivity index (χ0) is 14.2. The summed E-state index contributed by atoms with van der Waals surface area (Å²) < 4.78 is 0. The van der Waals surface area contributed by atoms with Crippen LogP contribution in [0.1, 0.15) is 58.1 Å². The number of aromatic nitrogens is 2. The average Bonchev–Trinajstić information content (AvgIpc) is 3.30. The summed E-state index contributed by atoms with van der Waals surface area (Å²) in [5, 5.41) is 3.47. The van der Waals surface area contributed by atoms with Crippen LogP contribution in [0.3, 0.4) is 0 Å². The van der Waals surface area contributed by atoms with Crippen molar-refractivity contribution >= 4 is 5.82 Å². The second-order valence-corrected chi connectivity index (χ2v) is 5.72. The lowest BCUT2D eigenvalue weighted by molar-refractivity contribution is 0.658. The summed E-state index contributed by atoms with van der Waals surface area (Å²) in [5.41, 5.74) is 1.05. The van der Waals surface area contributed by atoms with E-state index in [1.54, 1.807) is 0 Å². The Bertz CT molecular complexity index is 365. The van der Waals surface area contributed by atoms with Gasteiger partial charge in [-0.15, -0.1) is 0 Å². The van der Waals surface area contributed by atoms with Gasteiger partial charge in [0.05, 0.1) is 18.1 Å². The van der Waals surface area contributed by atoms with E-state index in [-0.39, 0.29) is 0 Å². The van der Waals surface area contributed by atoms with Gasteiger partial charge in [-0.3, -0.25) is 4.98 Å². The van der Waals surface area contributed by atoms with Crippen molar-refractivity contribution in [2.24, 2.45) is 0 Å².